The highest BCUT2D eigenvalue weighted by atomic mass is 79.9. The molecule has 2 aromatic rings. The molecule has 0 fully saturated rings. The fraction of sp³-hybridized carbons (Fsp3) is 0.267. The Labute approximate surface area is 131 Å². The van der Waals surface area contributed by atoms with Crippen molar-refractivity contribution in [2.75, 3.05) is 12.8 Å². The summed E-state index contributed by atoms with van der Waals surface area (Å²) < 4.78 is 6.51. The van der Waals surface area contributed by atoms with Gasteiger partial charge in [0.05, 0.1) is 12.3 Å². The Morgan fingerprint density at radius 2 is 1.95 bits per heavy atom. The number of carbonyl (C=O) groups is 1. The fourth-order valence-electron chi connectivity index (χ4n) is 1.68. The number of amides is 1. The van der Waals surface area contributed by atoms with Crippen LogP contribution >= 0.6 is 27.7 Å². The molecule has 1 heterocycles. The average Bonchev–Trinajstić information content (AvgIpc) is 2.83. The molecule has 0 saturated carbocycles. The summed E-state index contributed by atoms with van der Waals surface area (Å²) in [4.78, 5) is 14.8. The lowest BCUT2D eigenvalue weighted by molar-refractivity contribution is -0.127. The molecule has 1 amide bonds. The zero-order valence-corrected chi connectivity index (χ0v) is 13.8. The van der Waals surface area contributed by atoms with E-state index >= 15 is 0 Å². The van der Waals surface area contributed by atoms with Gasteiger partial charge in [-0.05, 0) is 43.3 Å². The summed E-state index contributed by atoms with van der Waals surface area (Å²) in [5.41, 5.74) is 0. The maximum Gasteiger partial charge on any atom is 0.233 e. The van der Waals surface area contributed by atoms with Crippen LogP contribution in [0.2, 0.25) is 0 Å². The van der Waals surface area contributed by atoms with Crippen LogP contribution < -0.4 is 0 Å². The maximum atomic E-state index is 12.0. The molecule has 0 unspecified atom stereocenters. The highest BCUT2D eigenvalue weighted by Crippen LogP contribution is 2.21. The number of carbonyl (C=O) groups excluding carboxylic acids is 1. The van der Waals surface area contributed by atoms with E-state index in [0.29, 0.717) is 12.3 Å². The zero-order chi connectivity index (χ0) is 14.5. The lowest BCUT2D eigenvalue weighted by Crippen LogP contribution is -2.27. The van der Waals surface area contributed by atoms with Crippen molar-refractivity contribution >= 4 is 33.6 Å². The second kappa shape index (κ2) is 6.99. The van der Waals surface area contributed by atoms with Crippen LogP contribution in [0.5, 0.6) is 0 Å². The Morgan fingerprint density at radius 3 is 2.55 bits per heavy atom. The number of thioether (sulfide) groups is 1. The van der Waals surface area contributed by atoms with Crippen LogP contribution in [0.15, 0.2) is 50.2 Å². The normalized spacial score (nSPS) is 10.6. The molecule has 2 rings (SSSR count). The molecule has 5 heteroatoms. The molecule has 0 aliphatic carbocycles. The van der Waals surface area contributed by atoms with Crippen LogP contribution in [0, 0.1) is 6.92 Å². The Balaban J connectivity index is 1.83. The first-order valence-electron chi connectivity index (χ1n) is 6.22. The smallest absolute Gasteiger partial charge is 0.233 e. The molecule has 0 spiro atoms. The van der Waals surface area contributed by atoms with E-state index in [4.69, 9.17) is 4.42 Å². The van der Waals surface area contributed by atoms with Gasteiger partial charge in [-0.1, -0.05) is 15.9 Å². The van der Waals surface area contributed by atoms with E-state index < -0.39 is 0 Å². The number of hydrogen-bond donors (Lipinski definition) is 0. The zero-order valence-electron chi connectivity index (χ0n) is 11.4. The molecule has 3 nitrogen and oxygen atoms in total. The van der Waals surface area contributed by atoms with E-state index in [9.17, 15) is 4.79 Å². The highest BCUT2D eigenvalue weighted by Gasteiger charge is 2.11. The molecule has 0 radical (unpaired) electrons. The van der Waals surface area contributed by atoms with Gasteiger partial charge < -0.3 is 9.32 Å². The van der Waals surface area contributed by atoms with Crippen molar-refractivity contribution in [3.8, 4) is 0 Å². The summed E-state index contributed by atoms with van der Waals surface area (Å²) in [5, 5.41) is 0. The SMILES string of the molecule is Cc1ccc(CN(C)C(=O)CSc2ccc(Br)cc2)o1. The van der Waals surface area contributed by atoms with Gasteiger partial charge in [-0.25, -0.2) is 0 Å². The van der Waals surface area contributed by atoms with E-state index in [1.54, 1.807) is 11.9 Å². The van der Waals surface area contributed by atoms with Gasteiger partial charge in [0, 0.05) is 16.4 Å². The molecule has 0 bridgehead atoms. The Morgan fingerprint density at radius 1 is 1.25 bits per heavy atom. The van der Waals surface area contributed by atoms with Crippen molar-refractivity contribution in [3.63, 3.8) is 0 Å². The van der Waals surface area contributed by atoms with E-state index in [0.717, 1.165) is 20.9 Å². The summed E-state index contributed by atoms with van der Waals surface area (Å²) in [6, 6.07) is 11.8. The Hall–Kier alpha value is -1.20. The number of furan rings is 1. The largest absolute Gasteiger partial charge is 0.464 e. The van der Waals surface area contributed by atoms with Crippen LogP contribution in [-0.4, -0.2) is 23.6 Å². The fourth-order valence-corrected chi connectivity index (χ4v) is 2.78. The quantitative estimate of drug-likeness (QED) is 0.758. The minimum absolute atomic E-state index is 0.0898. The number of benzene rings is 1. The molecule has 0 aliphatic heterocycles. The number of hydrogen-bond acceptors (Lipinski definition) is 3. The maximum absolute atomic E-state index is 12.0. The van der Waals surface area contributed by atoms with Crippen molar-refractivity contribution in [2.45, 2.75) is 18.4 Å². The highest BCUT2D eigenvalue weighted by molar-refractivity contribution is 9.10. The molecular weight excluding hydrogens is 338 g/mol. The lowest BCUT2D eigenvalue weighted by atomic mass is 10.4. The van der Waals surface area contributed by atoms with Crippen LogP contribution in [0.25, 0.3) is 0 Å². The Bertz CT molecular complexity index is 580. The first-order chi connectivity index (χ1) is 9.54. The van der Waals surface area contributed by atoms with Crippen LogP contribution in [0.4, 0.5) is 0 Å². The minimum atomic E-state index is 0.0898. The lowest BCUT2D eigenvalue weighted by Gasteiger charge is -2.15. The third kappa shape index (κ3) is 4.42. The van der Waals surface area contributed by atoms with E-state index in [1.165, 1.54) is 11.8 Å². The van der Waals surface area contributed by atoms with Crippen molar-refractivity contribution in [3.05, 3.63) is 52.4 Å². The molecule has 0 atom stereocenters. The van der Waals surface area contributed by atoms with Crippen molar-refractivity contribution in [1.29, 1.82) is 0 Å². The van der Waals surface area contributed by atoms with Gasteiger partial charge in [0.25, 0.3) is 0 Å². The second-order valence-electron chi connectivity index (χ2n) is 4.50. The molecule has 20 heavy (non-hydrogen) atoms. The summed E-state index contributed by atoms with van der Waals surface area (Å²) in [6.07, 6.45) is 0. The third-order valence-corrected chi connectivity index (χ3v) is 4.32. The summed E-state index contributed by atoms with van der Waals surface area (Å²) >= 11 is 4.93. The second-order valence-corrected chi connectivity index (χ2v) is 6.47. The van der Waals surface area contributed by atoms with Gasteiger partial charge in [0.15, 0.2) is 0 Å². The van der Waals surface area contributed by atoms with Crippen molar-refractivity contribution in [1.82, 2.24) is 4.90 Å². The van der Waals surface area contributed by atoms with Gasteiger partial charge in [-0.3, -0.25) is 4.79 Å². The van der Waals surface area contributed by atoms with Gasteiger partial charge in [-0.2, -0.15) is 0 Å². The first kappa shape index (κ1) is 15.2. The minimum Gasteiger partial charge on any atom is -0.464 e. The molecule has 106 valence electrons. The van der Waals surface area contributed by atoms with Crippen LogP contribution in [0.3, 0.4) is 0 Å². The average molecular weight is 354 g/mol. The number of aryl methyl sites for hydroxylation is 1. The molecule has 1 aromatic heterocycles. The van der Waals surface area contributed by atoms with Crippen molar-refractivity contribution < 1.29 is 9.21 Å². The van der Waals surface area contributed by atoms with Gasteiger partial charge in [-0.15, -0.1) is 11.8 Å². The van der Waals surface area contributed by atoms with Crippen molar-refractivity contribution in [2.24, 2.45) is 0 Å². The monoisotopic (exact) mass is 353 g/mol. The summed E-state index contributed by atoms with van der Waals surface area (Å²) in [7, 11) is 1.79. The van der Waals surface area contributed by atoms with Gasteiger partial charge in [0.2, 0.25) is 5.91 Å². The predicted molar refractivity (Wildman–Crippen MR) is 84.8 cm³/mol. The molecule has 0 saturated heterocycles. The standard InChI is InChI=1S/C15H16BrNO2S/c1-11-3-6-13(19-11)9-17(2)15(18)10-20-14-7-4-12(16)5-8-14/h3-8H,9-10H2,1-2H3. The van der Waals surface area contributed by atoms with Gasteiger partial charge >= 0.3 is 0 Å². The molecule has 0 N–H and O–H groups in total. The van der Waals surface area contributed by atoms with E-state index in [2.05, 4.69) is 15.9 Å². The number of halogens is 1. The topological polar surface area (TPSA) is 33.5 Å². The van der Waals surface area contributed by atoms with Crippen LogP contribution in [0.1, 0.15) is 11.5 Å². The predicted octanol–water partition coefficient (Wildman–Crippen LogP) is 4.10. The summed E-state index contributed by atoms with van der Waals surface area (Å²) in [5.74, 6) is 2.20. The molecular formula is C15H16BrNO2S. The van der Waals surface area contributed by atoms with Crippen LogP contribution in [-0.2, 0) is 11.3 Å². The van der Waals surface area contributed by atoms with E-state index in [-0.39, 0.29) is 5.91 Å². The number of nitrogens with zero attached hydrogens (tertiary/aromatic N) is 1. The first-order valence-corrected chi connectivity index (χ1v) is 8.00. The molecule has 0 aliphatic rings. The van der Waals surface area contributed by atoms with Gasteiger partial charge in [0.1, 0.15) is 11.5 Å². The summed E-state index contributed by atoms with van der Waals surface area (Å²) in [6.45, 7) is 2.41. The Kier molecular flexibility index (Phi) is 5.31. The number of rotatable bonds is 5. The molecule has 1 aromatic carbocycles. The third-order valence-electron chi connectivity index (χ3n) is 2.79. The van der Waals surface area contributed by atoms with E-state index in [1.807, 2.05) is 43.3 Å².